The highest BCUT2D eigenvalue weighted by atomic mass is 31.2. The SMILES string of the molecule is CC(C)=CCC(C)(C)OP(=O)(O)O. The van der Waals surface area contributed by atoms with Crippen molar-refractivity contribution < 1.29 is 18.9 Å². The van der Waals surface area contributed by atoms with Crippen LogP contribution in [0.3, 0.4) is 0 Å². The predicted octanol–water partition coefficient (Wildman–Crippen LogP) is 2.23. The average molecular weight is 208 g/mol. The number of phosphoric ester groups is 1. The summed E-state index contributed by atoms with van der Waals surface area (Å²) >= 11 is 0. The monoisotopic (exact) mass is 208 g/mol. The molecule has 0 spiro atoms. The number of hydrogen-bond donors (Lipinski definition) is 2. The summed E-state index contributed by atoms with van der Waals surface area (Å²) in [4.78, 5) is 17.2. The first-order chi connectivity index (χ1) is 5.62. The van der Waals surface area contributed by atoms with Crippen molar-refractivity contribution in [3.8, 4) is 0 Å². The van der Waals surface area contributed by atoms with Gasteiger partial charge in [0.1, 0.15) is 0 Å². The Hall–Kier alpha value is -0.150. The Morgan fingerprint density at radius 2 is 1.92 bits per heavy atom. The maximum absolute atomic E-state index is 10.5. The zero-order chi connectivity index (χ0) is 10.7. The van der Waals surface area contributed by atoms with Gasteiger partial charge >= 0.3 is 7.82 Å². The van der Waals surface area contributed by atoms with Crippen LogP contribution in [0, 0.1) is 0 Å². The normalized spacial score (nSPS) is 12.8. The van der Waals surface area contributed by atoms with E-state index in [1.807, 2.05) is 19.9 Å². The van der Waals surface area contributed by atoms with Crippen molar-refractivity contribution in [2.45, 2.75) is 39.7 Å². The van der Waals surface area contributed by atoms with Crippen LogP contribution in [0.4, 0.5) is 0 Å². The first-order valence-corrected chi connectivity index (χ1v) is 5.55. The standard InChI is InChI=1S/C8H17O4P/c1-7(2)5-6-8(3,4)12-13(9,10)11/h5H,6H2,1-4H3,(H2,9,10,11). The molecule has 13 heavy (non-hydrogen) atoms. The molecule has 0 aromatic rings. The quantitative estimate of drug-likeness (QED) is 0.549. The van der Waals surface area contributed by atoms with E-state index in [-0.39, 0.29) is 0 Å². The molecule has 2 N–H and O–H groups in total. The van der Waals surface area contributed by atoms with Gasteiger partial charge in [0, 0.05) is 0 Å². The van der Waals surface area contributed by atoms with Crippen LogP contribution in [0.1, 0.15) is 34.1 Å². The van der Waals surface area contributed by atoms with Gasteiger partial charge in [0.05, 0.1) is 5.60 Å². The van der Waals surface area contributed by atoms with Crippen LogP contribution >= 0.6 is 7.82 Å². The molecule has 0 aromatic heterocycles. The predicted molar refractivity (Wildman–Crippen MR) is 51.3 cm³/mol. The molecule has 0 fully saturated rings. The maximum Gasteiger partial charge on any atom is 0.470 e. The molecular weight excluding hydrogens is 191 g/mol. The second-order valence-electron chi connectivity index (χ2n) is 3.83. The Morgan fingerprint density at radius 3 is 2.23 bits per heavy atom. The Labute approximate surface area is 78.9 Å². The molecule has 0 atom stereocenters. The van der Waals surface area contributed by atoms with Crippen LogP contribution in [-0.2, 0) is 9.09 Å². The van der Waals surface area contributed by atoms with Gasteiger partial charge < -0.3 is 9.79 Å². The van der Waals surface area contributed by atoms with Crippen molar-refractivity contribution in [3.63, 3.8) is 0 Å². The van der Waals surface area contributed by atoms with Crippen molar-refractivity contribution in [1.29, 1.82) is 0 Å². The van der Waals surface area contributed by atoms with E-state index in [1.165, 1.54) is 0 Å². The molecule has 0 radical (unpaired) electrons. The first kappa shape index (κ1) is 12.8. The molecule has 0 aliphatic heterocycles. The third-order valence-electron chi connectivity index (χ3n) is 1.37. The molecule has 0 bridgehead atoms. The molecule has 0 heterocycles. The minimum Gasteiger partial charge on any atom is -0.303 e. The largest absolute Gasteiger partial charge is 0.470 e. The molecule has 0 aromatic carbocycles. The van der Waals surface area contributed by atoms with E-state index in [0.29, 0.717) is 6.42 Å². The van der Waals surface area contributed by atoms with Crippen molar-refractivity contribution in [2.75, 3.05) is 0 Å². The molecular formula is C8H17O4P. The summed E-state index contributed by atoms with van der Waals surface area (Å²) in [5.74, 6) is 0. The number of hydrogen-bond acceptors (Lipinski definition) is 2. The van der Waals surface area contributed by atoms with E-state index in [2.05, 4.69) is 4.52 Å². The Kier molecular flexibility index (Phi) is 4.33. The van der Waals surface area contributed by atoms with Gasteiger partial charge in [-0.05, 0) is 34.1 Å². The van der Waals surface area contributed by atoms with E-state index < -0.39 is 13.4 Å². The summed E-state index contributed by atoms with van der Waals surface area (Å²) in [6.07, 6.45) is 2.37. The fourth-order valence-corrected chi connectivity index (χ4v) is 1.53. The van der Waals surface area contributed by atoms with E-state index in [0.717, 1.165) is 5.57 Å². The van der Waals surface area contributed by atoms with Crippen LogP contribution in [0.2, 0.25) is 0 Å². The van der Waals surface area contributed by atoms with Gasteiger partial charge in [-0.25, -0.2) is 4.57 Å². The Balaban J connectivity index is 4.25. The second-order valence-corrected chi connectivity index (χ2v) is 4.99. The molecule has 0 aliphatic carbocycles. The lowest BCUT2D eigenvalue weighted by Gasteiger charge is -2.23. The van der Waals surface area contributed by atoms with Gasteiger partial charge in [0.2, 0.25) is 0 Å². The van der Waals surface area contributed by atoms with E-state index >= 15 is 0 Å². The lowest BCUT2D eigenvalue weighted by molar-refractivity contribution is 0.0676. The molecule has 4 nitrogen and oxygen atoms in total. The molecule has 0 amide bonds. The summed E-state index contributed by atoms with van der Waals surface area (Å²) in [5, 5.41) is 0. The van der Waals surface area contributed by atoms with Crippen LogP contribution in [-0.4, -0.2) is 15.4 Å². The third-order valence-corrected chi connectivity index (χ3v) is 2.10. The van der Waals surface area contributed by atoms with Gasteiger partial charge in [-0.2, -0.15) is 0 Å². The first-order valence-electron chi connectivity index (χ1n) is 4.02. The summed E-state index contributed by atoms with van der Waals surface area (Å²) < 4.78 is 15.1. The summed E-state index contributed by atoms with van der Waals surface area (Å²) in [6.45, 7) is 7.14. The van der Waals surface area contributed by atoms with Crippen molar-refractivity contribution >= 4 is 7.82 Å². The van der Waals surface area contributed by atoms with E-state index in [9.17, 15) is 4.57 Å². The van der Waals surface area contributed by atoms with Crippen molar-refractivity contribution in [3.05, 3.63) is 11.6 Å². The molecule has 0 unspecified atom stereocenters. The van der Waals surface area contributed by atoms with Crippen LogP contribution in [0.15, 0.2) is 11.6 Å². The van der Waals surface area contributed by atoms with Crippen LogP contribution < -0.4 is 0 Å². The Morgan fingerprint density at radius 1 is 1.46 bits per heavy atom. The second kappa shape index (κ2) is 4.38. The summed E-state index contributed by atoms with van der Waals surface area (Å²) in [7, 11) is -4.38. The molecule has 0 aliphatic rings. The van der Waals surface area contributed by atoms with E-state index in [4.69, 9.17) is 9.79 Å². The fourth-order valence-electron chi connectivity index (χ4n) is 0.809. The van der Waals surface area contributed by atoms with Crippen molar-refractivity contribution in [2.24, 2.45) is 0 Å². The highest BCUT2D eigenvalue weighted by Gasteiger charge is 2.27. The molecule has 0 saturated heterocycles. The Bertz CT molecular complexity index is 235. The number of phosphoric acid groups is 1. The van der Waals surface area contributed by atoms with Gasteiger partial charge in [-0.15, -0.1) is 0 Å². The highest BCUT2D eigenvalue weighted by Crippen LogP contribution is 2.42. The minimum absolute atomic E-state index is 0.487. The van der Waals surface area contributed by atoms with Gasteiger partial charge in [-0.1, -0.05) is 11.6 Å². The fraction of sp³-hybridized carbons (Fsp3) is 0.750. The average Bonchev–Trinajstić information content (AvgIpc) is 1.78. The minimum atomic E-state index is -4.38. The number of allylic oxidation sites excluding steroid dienone is 1. The molecule has 5 heteroatoms. The zero-order valence-electron chi connectivity index (χ0n) is 8.44. The lowest BCUT2D eigenvalue weighted by atomic mass is 10.0. The highest BCUT2D eigenvalue weighted by molar-refractivity contribution is 7.46. The smallest absolute Gasteiger partial charge is 0.303 e. The lowest BCUT2D eigenvalue weighted by Crippen LogP contribution is -2.21. The van der Waals surface area contributed by atoms with Crippen molar-refractivity contribution in [1.82, 2.24) is 0 Å². The van der Waals surface area contributed by atoms with Gasteiger partial charge in [0.15, 0.2) is 0 Å². The number of rotatable bonds is 4. The zero-order valence-corrected chi connectivity index (χ0v) is 9.34. The topological polar surface area (TPSA) is 66.8 Å². The summed E-state index contributed by atoms with van der Waals surface area (Å²) in [6, 6.07) is 0. The third kappa shape index (κ3) is 8.19. The summed E-state index contributed by atoms with van der Waals surface area (Å²) in [5.41, 5.74) is 0.276. The van der Waals surface area contributed by atoms with E-state index in [1.54, 1.807) is 13.8 Å². The van der Waals surface area contributed by atoms with Crippen LogP contribution in [0.25, 0.3) is 0 Å². The van der Waals surface area contributed by atoms with Gasteiger partial charge in [0.25, 0.3) is 0 Å². The maximum atomic E-state index is 10.5. The van der Waals surface area contributed by atoms with Gasteiger partial charge in [-0.3, -0.25) is 4.52 Å². The molecule has 78 valence electrons. The van der Waals surface area contributed by atoms with Crippen LogP contribution in [0.5, 0.6) is 0 Å². The molecule has 0 rings (SSSR count). The molecule has 0 saturated carbocycles.